The summed E-state index contributed by atoms with van der Waals surface area (Å²) in [6.07, 6.45) is 2.57. The van der Waals surface area contributed by atoms with E-state index in [1.165, 1.54) is 25.9 Å². The summed E-state index contributed by atoms with van der Waals surface area (Å²) in [5.74, 6) is 2.24. The third kappa shape index (κ3) is 3.82. The van der Waals surface area contributed by atoms with Crippen molar-refractivity contribution < 1.29 is 9.47 Å². The molecule has 21 heavy (non-hydrogen) atoms. The van der Waals surface area contributed by atoms with Gasteiger partial charge in [0, 0.05) is 6.54 Å². The van der Waals surface area contributed by atoms with Gasteiger partial charge in [0.25, 0.3) is 0 Å². The van der Waals surface area contributed by atoms with Gasteiger partial charge in [0.15, 0.2) is 11.5 Å². The molecule has 0 amide bonds. The van der Waals surface area contributed by atoms with Crippen molar-refractivity contribution in [3.8, 4) is 11.5 Å². The number of halogens is 1. The highest BCUT2D eigenvalue weighted by molar-refractivity contribution is 6.32. The van der Waals surface area contributed by atoms with Crippen molar-refractivity contribution in [1.82, 2.24) is 10.2 Å². The number of hydrogen-bond acceptors (Lipinski definition) is 4. The molecule has 0 unspecified atom stereocenters. The Morgan fingerprint density at radius 1 is 1.24 bits per heavy atom. The molecule has 0 spiro atoms. The van der Waals surface area contributed by atoms with Gasteiger partial charge in [-0.3, -0.25) is 0 Å². The molecule has 4 nitrogen and oxygen atoms in total. The lowest BCUT2D eigenvalue weighted by atomic mass is 9.97. The number of nitrogens with zero attached hydrogens (tertiary/aromatic N) is 1. The van der Waals surface area contributed by atoms with Gasteiger partial charge in [-0.15, -0.1) is 0 Å². The molecule has 0 atom stereocenters. The number of nitrogens with one attached hydrogen (secondary N) is 1. The van der Waals surface area contributed by atoms with E-state index in [2.05, 4.69) is 17.3 Å². The van der Waals surface area contributed by atoms with E-state index in [1.54, 1.807) is 0 Å². The average Bonchev–Trinajstić information content (AvgIpc) is 2.49. The SMILES string of the molecule is CN1CCC(CNCc2cc(Cl)c3c(c2)OCCO3)CC1. The first-order valence-corrected chi connectivity index (χ1v) is 8.07. The van der Waals surface area contributed by atoms with Gasteiger partial charge in [-0.05, 0) is 63.1 Å². The molecule has 2 aliphatic heterocycles. The van der Waals surface area contributed by atoms with Gasteiger partial charge in [0.05, 0.1) is 5.02 Å². The summed E-state index contributed by atoms with van der Waals surface area (Å²) in [6.45, 7) is 5.48. The second kappa shape index (κ2) is 6.86. The second-order valence-corrected chi connectivity index (χ2v) is 6.39. The van der Waals surface area contributed by atoms with E-state index < -0.39 is 0 Å². The predicted molar refractivity (Wildman–Crippen MR) is 84.4 cm³/mol. The molecule has 5 heteroatoms. The fourth-order valence-electron chi connectivity index (χ4n) is 2.95. The molecule has 2 heterocycles. The number of ether oxygens (including phenoxy) is 2. The fourth-order valence-corrected chi connectivity index (χ4v) is 3.24. The number of benzene rings is 1. The number of hydrogen-bond donors (Lipinski definition) is 1. The van der Waals surface area contributed by atoms with Crippen molar-refractivity contribution in [1.29, 1.82) is 0 Å². The van der Waals surface area contributed by atoms with Crippen LogP contribution < -0.4 is 14.8 Å². The Morgan fingerprint density at radius 2 is 2.00 bits per heavy atom. The highest BCUT2D eigenvalue weighted by atomic mass is 35.5. The Bertz CT molecular complexity index is 487. The largest absolute Gasteiger partial charge is 0.486 e. The van der Waals surface area contributed by atoms with Crippen molar-refractivity contribution in [3.63, 3.8) is 0 Å². The first-order valence-electron chi connectivity index (χ1n) is 7.69. The lowest BCUT2D eigenvalue weighted by molar-refractivity contribution is 0.171. The molecule has 0 aliphatic carbocycles. The summed E-state index contributed by atoms with van der Waals surface area (Å²) in [7, 11) is 2.20. The van der Waals surface area contributed by atoms with Gasteiger partial charge in [-0.25, -0.2) is 0 Å². The van der Waals surface area contributed by atoms with Crippen molar-refractivity contribution >= 4 is 11.6 Å². The lowest BCUT2D eigenvalue weighted by Crippen LogP contribution is -2.34. The van der Waals surface area contributed by atoms with E-state index in [9.17, 15) is 0 Å². The van der Waals surface area contributed by atoms with Crippen LogP contribution in [0.4, 0.5) is 0 Å². The first kappa shape index (κ1) is 14.9. The van der Waals surface area contributed by atoms with E-state index in [1.807, 2.05) is 12.1 Å². The molecule has 116 valence electrons. The zero-order valence-electron chi connectivity index (χ0n) is 12.5. The Balaban J connectivity index is 1.52. The summed E-state index contributed by atoms with van der Waals surface area (Å²) in [4.78, 5) is 2.40. The van der Waals surface area contributed by atoms with Gasteiger partial charge in [-0.1, -0.05) is 11.6 Å². The molecule has 1 saturated heterocycles. The molecule has 1 aromatic carbocycles. The van der Waals surface area contributed by atoms with Gasteiger partial charge < -0.3 is 19.7 Å². The van der Waals surface area contributed by atoms with Gasteiger partial charge in [0.1, 0.15) is 13.2 Å². The molecule has 1 N–H and O–H groups in total. The van der Waals surface area contributed by atoms with Crippen LogP contribution in [-0.4, -0.2) is 44.8 Å². The quantitative estimate of drug-likeness (QED) is 0.926. The third-order valence-corrected chi connectivity index (χ3v) is 4.54. The van der Waals surface area contributed by atoms with Gasteiger partial charge >= 0.3 is 0 Å². The Kier molecular flexibility index (Phi) is 4.88. The number of piperidine rings is 1. The lowest BCUT2D eigenvalue weighted by Gasteiger charge is -2.29. The van der Waals surface area contributed by atoms with Crippen LogP contribution in [0.25, 0.3) is 0 Å². The summed E-state index contributed by atoms with van der Waals surface area (Å²) in [5, 5.41) is 4.19. The molecule has 0 aromatic heterocycles. The normalized spacial score (nSPS) is 19.7. The Hall–Kier alpha value is -0.970. The number of rotatable bonds is 4. The van der Waals surface area contributed by atoms with Gasteiger partial charge in [0.2, 0.25) is 0 Å². The Morgan fingerprint density at radius 3 is 2.81 bits per heavy atom. The molecule has 0 bridgehead atoms. The summed E-state index contributed by atoms with van der Waals surface area (Å²) < 4.78 is 11.1. The maximum atomic E-state index is 6.25. The van der Waals surface area contributed by atoms with Crippen LogP contribution in [0.3, 0.4) is 0 Å². The minimum Gasteiger partial charge on any atom is -0.486 e. The summed E-state index contributed by atoms with van der Waals surface area (Å²) >= 11 is 6.25. The van der Waals surface area contributed by atoms with Crippen LogP contribution in [-0.2, 0) is 6.54 Å². The van der Waals surface area contributed by atoms with Gasteiger partial charge in [-0.2, -0.15) is 0 Å². The Labute approximate surface area is 131 Å². The van der Waals surface area contributed by atoms with Crippen LogP contribution in [0.1, 0.15) is 18.4 Å². The third-order valence-electron chi connectivity index (χ3n) is 4.26. The van der Waals surface area contributed by atoms with Crippen LogP contribution in [0, 0.1) is 5.92 Å². The number of fused-ring (bicyclic) bond motifs is 1. The molecule has 1 fully saturated rings. The minimum absolute atomic E-state index is 0.570. The fraction of sp³-hybridized carbons (Fsp3) is 0.625. The maximum Gasteiger partial charge on any atom is 0.179 e. The predicted octanol–water partition coefficient (Wildman–Crippen LogP) is 2.54. The van der Waals surface area contributed by atoms with Crippen molar-refractivity contribution in [3.05, 3.63) is 22.7 Å². The van der Waals surface area contributed by atoms with Crippen molar-refractivity contribution in [2.24, 2.45) is 5.92 Å². The van der Waals surface area contributed by atoms with Crippen LogP contribution in [0.15, 0.2) is 12.1 Å². The standard InChI is InChI=1S/C16H23ClN2O2/c1-19-4-2-12(3-5-19)10-18-11-13-8-14(17)16-15(9-13)20-6-7-21-16/h8-9,12,18H,2-7,10-11H2,1H3. The van der Waals surface area contributed by atoms with E-state index >= 15 is 0 Å². The zero-order valence-corrected chi connectivity index (χ0v) is 13.3. The van der Waals surface area contributed by atoms with Crippen LogP contribution >= 0.6 is 11.6 Å². The molecule has 0 radical (unpaired) electrons. The van der Waals surface area contributed by atoms with Crippen molar-refractivity contribution in [2.45, 2.75) is 19.4 Å². The van der Waals surface area contributed by atoms with Crippen LogP contribution in [0.2, 0.25) is 5.02 Å². The topological polar surface area (TPSA) is 33.7 Å². The van der Waals surface area contributed by atoms with Crippen molar-refractivity contribution in [2.75, 3.05) is 39.9 Å². The highest BCUT2D eigenvalue weighted by Gasteiger charge is 2.18. The monoisotopic (exact) mass is 310 g/mol. The molecule has 1 aromatic rings. The molecular formula is C16H23ClN2O2. The maximum absolute atomic E-state index is 6.25. The first-order chi connectivity index (χ1) is 10.2. The molecule has 3 rings (SSSR count). The van der Waals surface area contributed by atoms with E-state index in [0.29, 0.717) is 24.0 Å². The van der Waals surface area contributed by atoms with E-state index in [0.717, 1.165) is 30.3 Å². The highest BCUT2D eigenvalue weighted by Crippen LogP contribution is 2.38. The summed E-state index contributed by atoms with van der Waals surface area (Å²) in [6, 6.07) is 4.00. The molecular weight excluding hydrogens is 288 g/mol. The second-order valence-electron chi connectivity index (χ2n) is 5.98. The molecule has 2 aliphatic rings. The number of likely N-dealkylation sites (tertiary alicyclic amines) is 1. The van der Waals surface area contributed by atoms with Crippen LogP contribution in [0.5, 0.6) is 11.5 Å². The van der Waals surface area contributed by atoms with E-state index in [-0.39, 0.29) is 0 Å². The molecule has 0 saturated carbocycles. The minimum atomic E-state index is 0.570. The van der Waals surface area contributed by atoms with E-state index in [4.69, 9.17) is 21.1 Å². The zero-order chi connectivity index (χ0) is 14.7. The average molecular weight is 311 g/mol. The smallest absolute Gasteiger partial charge is 0.179 e. The summed E-state index contributed by atoms with van der Waals surface area (Å²) in [5.41, 5.74) is 1.15.